The number of piperazine rings is 1. The van der Waals surface area contributed by atoms with Crippen molar-refractivity contribution in [3.05, 3.63) is 11.8 Å². The van der Waals surface area contributed by atoms with Gasteiger partial charge < -0.3 is 19.9 Å². The van der Waals surface area contributed by atoms with Crippen molar-refractivity contribution in [2.24, 2.45) is 0 Å². The first-order valence-corrected chi connectivity index (χ1v) is 8.07. The highest BCUT2D eigenvalue weighted by Crippen LogP contribution is 2.03. The Balaban J connectivity index is 2.25. The molecule has 1 fully saturated rings. The molecule has 6 heteroatoms. The number of rotatable bonds is 9. The van der Waals surface area contributed by atoms with Crippen LogP contribution in [0.25, 0.3) is 0 Å². The average molecular weight is 308 g/mol. The summed E-state index contributed by atoms with van der Waals surface area (Å²) in [7, 11) is 2.07. The number of carbonyl (C=O) groups excluding carboxylic acids is 1. The fourth-order valence-electron chi connectivity index (χ4n) is 2.09. The second-order valence-corrected chi connectivity index (χ2v) is 5.57. The number of unbranched alkanes of at least 4 members (excludes halogenated alkanes) is 1. The molecule has 0 saturated carbocycles. The Morgan fingerprint density at radius 1 is 1.27 bits per heavy atom. The summed E-state index contributed by atoms with van der Waals surface area (Å²) in [6, 6.07) is 1.99. The predicted molar refractivity (Wildman–Crippen MR) is 86.1 cm³/mol. The van der Waals surface area contributed by atoms with Gasteiger partial charge in [-0.25, -0.2) is 0 Å². The summed E-state index contributed by atoms with van der Waals surface area (Å²) in [5, 5.41) is 11.9. The number of likely N-dealkylation sites (N-methyl/N-ethyl adjacent to an activating group) is 1. The highest BCUT2D eigenvalue weighted by molar-refractivity contribution is 5.97. The Morgan fingerprint density at radius 3 is 2.59 bits per heavy atom. The zero-order valence-corrected chi connectivity index (χ0v) is 13.8. The fourth-order valence-corrected chi connectivity index (χ4v) is 2.09. The molecule has 1 saturated heterocycles. The molecule has 0 atom stereocenters. The molecule has 1 amide bonds. The molecule has 0 aromatic heterocycles. The van der Waals surface area contributed by atoms with Crippen LogP contribution in [0.4, 0.5) is 0 Å². The monoisotopic (exact) mass is 308 g/mol. The zero-order valence-electron chi connectivity index (χ0n) is 13.8. The first-order valence-electron chi connectivity index (χ1n) is 8.07. The van der Waals surface area contributed by atoms with Crippen LogP contribution >= 0.6 is 0 Å². The minimum Gasteiger partial charge on any atom is -0.381 e. The SMILES string of the molecule is CCCCOCCCNC(=O)/C(C#N)=C\N1CCN(C)CC1. The number of hydrogen-bond donors (Lipinski definition) is 1. The molecule has 0 aliphatic carbocycles. The minimum absolute atomic E-state index is 0.177. The van der Waals surface area contributed by atoms with Crippen LogP contribution < -0.4 is 5.32 Å². The lowest BCUT2D eigenvalue weighted by atomic mass is 10.2. The lowest BCUT2D eigenvalue weighted by Gasteiger charge is -2.31. The third-order valence-corrected chi connectivity index (χ3v) is 3.61. The third-order valence-electron chi connectivity index (χ3n) is 3.61. The smallest absolute Gasteiger partial charge is 0.263 e. The molecule has 0 unspecified atom stereocenters. The standard InChI is InChI=1S/C16H28N4O2/c1-3-4-11-22-12-5-6-18-16(21)15(13-17)14-20-9-7-19(2)8-10-20/h14H,3-12H2,1-2H3,(H,18,21)/b15-14-. The van der Waals surface area contributed by atoms with Gasteiger partial charge in [-0.05, 0) is 19.9 Å². The Bertz CT molecular complexity index is 395. The minimum atomic E-state index is -0.296. The van der Waals surface area contributed by atoms with E-state index in [9.17, 15) is 4.79 Å². The Kier molecular flexibility index (Phi) is 9.28. The van der Waals surface area contributed by atoms with Gasteiger partial charge in [-0.3, -0.25) is 4.79 Å². The van der Waals surface area contributed by atoms with Gasteiger partial charge in [-0.1, -0.05) is 13.3 Å². The van der Waals surface area contributed by atoms with Crippen LogP contribution in [0.2, 0.25) is 0 Å². The molecule has 22 heavy (non-hydrogen) atoms. The molecule has 1 N–H and O–H groups in total. The van der Waals surface area contributed by atoms with E-state index < -0.39 is 0 Å². The van der Waals surface area contributed by atoms with Crippen molar-refractivity contribution in [3.63, 3.8) is 0 Å². The van der Waals surface area contributed by atoms with Gasteiger partial charge in [0.05, 0.1) is 0 Å². The normalized spacial score (nSPS) is 16.4. The molecule has 1 aliphatic rings. The van der Waals surface area contributed by atoms with Crippen LogP contribution in [0.5, 0.6) is 0 Å². The van der Waals surface area contributed by atoms with Gasteiger partial charge in [0.1, 0.15) is 11.6 Å². The predicted octanol–water partition coefficient (Wildman–Crippen LogP) is 0.964. The molecule has 6 nitrogen and oxygen atoms in total. The molecule has 1 rings (SSSR count). The van der Waals surface area contributed by atoms with Gasteiger partial charge in [-0.2, -0.15) is 5.26 Å². The molecule has 1 heterocycles. The van der Waals surface area contributed by atoms with Crippen LogP contribution in [-0.2, 0) is 9.53 Å². The van der Waals surface area contributed by atoms with E-state index in [1.54, 1.807) is 6.20 Å². The highest BCUT2D eigenvalue weighted by atomic mass is 16.5. The van der Waals surface area contributed by atoms with Gasteiger partial charge in [0.2, 0.25) is 0 Å². The number of nitrogens with zero attached hydrogens (tertiary/aromatic N) is 3. The van der Waals surface area contributed by atoms with E-state index in [1.165, 1.54) is 0 Å². The molecule has 0 aromatic carbocycles. The van der Waals surface area contributed by atoms with Crippen molar-refractivity contribution in [2.45, 2.75) is 26.2 Å². The van der Waals surface area contributed by atoms with Crippen molar-refractivity contribution < 1.29 is 9.53 Å². The van der Waals surface area contributed by atoms with E-state index >= 15 is 0 Å². The summed E-state index contributed by atoms with van der Waals surface area (Å²) >= 11 is 0. The molecule has 0 aromatic rings. The molecular formula is C16H28N4O2. The summed E-state index contributed by atoms with van der Waals surface area (Å²) in [5.41, 5.74) is 0.177. The summed E-state index contributed by atoms with van der Waals surface area (Å²) < 4.78 is 5.43. The topological polar surface area (TPSA) is 68.6 Å². The van der Waals surface area contributed by atoms with E-state index in [4.69, 9.17) is 10.00 Å². The van der Waals surface area contributed by atoms with Crippen molar-refractivity contribution >= 4 is 5.91 Å². The molecule has 1 aliphatic heterocycles. The molecule has 0 bridgehead atoms. The van der Waals surface area contributed by atoms with Crippen LogP contribution in [0.15, 0.2) is 11.8 Å². The van der Waals surface area contributed by atoms with E-state index in [1.807, 2.05) is 11.0 Å². The first kappa shape index (κ1) is 18.5. The lowest BCUT2D eigenvalue weighted by Crippen LogP contribution is -2.42. The number of carbonyl (C=O) groups is 1. The number of nitrogens with one attached hydrogen (secondary N) is 1. The van der Waals surface area contributed by atoms with E-state index in [0.29, 0.717) is 13.2 Å². The van der Waals surface area contributed by atoms with E-state index in [-0.39, 0.29) is 11.5 Å². The van der Waals surface area contributed by atoms with Gasteiger partial charge in [0, 0.05) is 52.1 Å². The average Bonchev–Trinajstić information content (AvgIpc) is 2.53. The molecule has 0 radical (unpaired) electrons. The van der Waals surface area contributed by atoms with Gasteiger partial charge in [-0.15, -0.1) is 0 Å². The number of ether oxygens (including phenoxy) is 1. The number of nitriles is 1. The molecule has 124 valence electrons. The van der Waals surface area contributed by atoms with Crippen molar-refractivity contribution in [1.82, 2.24) is 15.1 Å². The second kappa shape index (κ2) is 11.0. The molecular weight excluding hydrogens is 280 g/mol. The fraction of sp³-hybridized carbons (Fsp3) is 0.750. The van der Waals surface area contributed by atoms with Crippen LogP contribution in [0.1, 0.15) is 26.2 Å². The van der Waals surface area contributed by atoms with Crippen LogP contribution in [0.3, 0.4) is 0 Å². The van der Waals surface area contributed by atoms with Crippen molar-refractivity contribution in [1.29, 1.82) is 5.26 Å². The van der Waals surface area contributed by atoms with E-state index in [0.717, 1.165) is 52.0 Å². The lowest BCUT2D eigenvalue weighted by molar-refractivity contribution is -0.117. The Labute approximate surface area is 133 Å². The summed E-state index contributed by atoms with van der Waals surface area (Å²) in [4.78, 5) is 16.2. The third kappa shape index (κ3) is 7.43. The van der Waals surface area contributed by atoms with Gasteiger partial charge in [0.15, 0.2) is 0 Å². The maximum Gasteiger partial charge on any atom is 0.263 e. The second-order valence-electron chi connectivity index (χ2n) is 5.57. The Morgan fingerprint density at radius 2 is 1.95 bits per heavy atom. The quantitative estimate of drug-likeness (QED) is 0.390. The van der Waals surface area contributed by atoms with Gasteiger partial charge >= 0.3 is 0 Å². The van der Waals surface area contributed by atoms with Crippen LogP contribution in [0, 0.1) is 11.3 Å². The molecule has 0 spiro atoms. The highest BCUT2D eigenvalue weighted by Gasteiger charge is 2.14. The van der Waals surface area contributed by atoms with Crippen LogP contribution in [-0.4, -0.2) is 68.7 Å². The zero-order chi connectivity index (χ0) is 16.2. The van der Waals surface area contributed by atoms with Crippen molar-refractivity contribution in [3.8, 4) is 6.07 Å². The summed E-state index contributed by atoms with van der Waals surface area (Å²) in [5.74, 6) is -0.296. The first-order chi connectivity index (χ1) is 10.7. The summed E-state index contributed by atoms with van der Waals surface area (Å²) in [6.07, 6.45) is 4.64. The summed E-state index contributed by atoms with van der Waals surface area (Å²) in [6.45, 7) is 7.67. The number of hydrogen-bond acceptors (Lipinski definition) is 5. The van der Waals surface area contributed by atoms with E-state index in [2.05, 4.69) is 24.2 Å². The largest absolute Gasteiger partial charge is 0.381 e. The van der Waals surface area contributed by atoms with Gasteiger partial charge in [0.25, 0.3) is 5.91 Å². The number of amides is 1. The Hall–Kier alpha value is -1.58. The van der Waals surface area contributed by atoms with Crippen molar-refractivity contribution in [2.75, 3.05) is 53.0 Å². The maximum absolute atomic E-state index is 12.0. The maximum atomic E-state index is 12.0.